The summed E-state index contributed by atoms with van der Waals surface area (Å²) in [5.74, 6) is -0.307. The van der Waals surface area contributed by atoms with Gasteiger partial charge >= 0.3 is 0 Å². The molecule has 0 aromatic carbocycles. The lowest BCUT2D eigenvalue weighted by atomic mass is 10.3. The molecule has 0 bridgehead atoms. The topological polar surface area (TPSA) is 24.4 Å². The number of allylic oxidation sites excluding steroid dienone is 3. The fourth-order valence-electron chi connectivity index (χ4n) is 0.712. The highest BCUT2D eigenvalue weighted by molar-refractivity contribution is 5.63. The largest absolute Gasteiger partial charge is 0.391 e. The predicted molar refractivity (Wildman–Crippen MR) is 39.4 cm³/mol. The van der Waals surface area contributed by atoms with Gasteiger partial charge in [-0.05, 0) is 6.08 Å². The van der Waals surface area contributed by atoms with Crippen molar-refractivity contribution in [2.45, 2.75) is 6.42 Å². The second-order valence-electron chi connectivity index (χ2n) is 1.97. The minimum Gasteiger partial charge on any atom is -0.391 e. The quantitative estimate of drug-likeness (QED) is 0.584. The maximum atomic E-state index is 12.5. The van der Waals surface area contributed by atoms with Crippen molar-refractivity contribution in [3.05, 3.63) is 23.8 Å². The van der Waals surface area contributed by atoms with Crippen molar-refractivity contribution >= 4 is 6.21 Å². The highest BCUT2D eigenvalue weighted by Gasteiger charge is 1.96. The smallest absolute Gasteiger partial charge is 0.143 e. The molecule has 2 nitrogen and oxygen atoms in total. The van der Waals surface area contributed by atoms with E-state index in [0.717, 1.165) is 5.70 Å². The van der Waals surface area contributed by atoms with Crippen molar-refractivity contribution in [2.24, 2.45) is 4.99 Å². The Balaban J connectivity index is 2.77. The van der Waals surface area contributed by atoms with Crippen molar-refractivity contribution in [1.29, 1.82) is 0 Å². The Morgan fingerprint density at radius 1 is 1.70 bits per heavy atom. The monoisotopic (exact) mass is 140 g/mol. The van der Waals surface area contributed by atoms with Crippen LogP contribution in [0.5, 0.6) is 0 Å². The van der Waals surface area contributed by atoms with Crippen molar-refractivity contribution in [3.8, 4) is 0 Å². The van der Waals surface area contributed by atoms with Crippen LogP contribution in [0.25, 0.3) is 0 Å². The van der Waals surface area contributed by atoms with Gasteiger partial charge in [-0.15, -0.1) is 0 Å². The molecule has 1 N–H and O–H groups in total. The number of rotatable bonds is 1. The molecular formula is C7H9FN2. The van der Waals surface area contributed by atoms with Crippen molar-refractivity contribution < 1.29 is 4.39 Å². The molecule has 0 aliphatic carbocycles. The third-order valence-electron chi connectivity index (χ3n) is 1.25. The molecule has 1 aliphatic heterocycles. The Kier molecular flexibility index (Phi) is 2.20. The third kappa shape index (κ3) is 1.69. The van der Waals surface area contributed by atoms with E-state index in [1.54, 1.807) is 13.3 Å². The zero-order valence-corrected chi connectivity index (χ0v) is 5.76. The first-order chi connectivity index (χ1) is 4.83. The Morgan fingerprint density at radius 2 is 2.50 bits per heavy atom. The summed E-state index contributed by atoms with van der Waals surface area (Å²) in [6.45, 7) is 0. The van der Waals surface area contributed by atoms with Gasteiger partial charge in [0.05, 0.1) is 6.20 Å². The van der Waals surface area contributed by atoms with Crippen LogP contribution in [-0.4, -0.2) is 13.3 Å². The summed E-state index contributed by atoms with van der Waals surface area (Å²) < 4.78 is 12.5. The van der Waals surface area contributed by atoms with E-state index < -0.39 is 0 Å². The van der Waals surface area contributed by atoms with E-state index in [4.69, 9.17) is 0 Å². The number of hydrogen-bond acceptors (Lipinski definition) is 2. The number of aliphatic imine (C=N–C) groups is 1. The van der Waals surface area contributed by atoms with Crippen LogP contribution in [0, 0.1) is 0 Å². The van der Waals surface area contributed by atoms with Crippen LogP contribution in [0.2, 0.25) is 0 Å². The summed E-state index contributed by atoms with van der Waals surface area (Å²) in [5, 5.41) is 2.86. The lowest BCUT2D eigenvalue weighted by Gasteiger charge is -1.98. The van der Waals surface area contributed by atoms with Gasteiger partial charge in [0.2, 0.25) is 0 Å². The summed E-state index contributed by atoms with van der Waals surface area (Å²) in [6.07, 6.45) is 4.96. The fraction of sp³-hybridized carbons (Fsp3) is 0.286. The van der Waals surface area contributed by atoms with Gasteiger partial charge in [0.15, 0.2) is 0 Å². The number of nitrogens with zero attached hydrogens (tertiary/aromatic N) is 1. The average molecular weight is 140 g/mol. The second-order valence-corrected chi connectivity index (χ2v) is 1.97. The molecule has 0 unspecified atom stereocenters. The van der Waals surface area contributed by atoms with Gasteiger partial charge < -0.3 is 5.32 Å². The number of nitrogens with one attached hydrogen (secondary N) is 1. The minimum atomic E-state index is -0.307. The molecule has 0 spiro atoms. The average Bonchev–Trinajstić information content (AvgIpc) is 2.13. The Hall–Kier alpha value is -1.12. The molecule has 0 fully saturated rings. The summed E-state index contributed by atoms with van der Waals surface area (Å²) in [6, 6.07) is 0. The zero-order chi connectivity index (χ0) is 7.40. The molecule has 0 radical (unpaired) electrons. The van der Waals surface area contributed by atoms with Crippen LogP contribution in [0.1, 0.15) is 6.42 Å². The molecule has 1 rings (SSSR count). The lowest BCUT2D eigenvalue weighted by molar-refractivity contribution is 0.660. The van der Waals surface area contributed by atoms with Crippen LogP contribution in [-0.2, 0) is 0 Å². The maximum Gasteiger partial charge on any atom is 0.143 e. The van der Waals surface area contributed by atoms with Gasteiger partial charge in [-0.3, -0.25) is 4.99 Å². The van der Waals surface area contributed by atoms with Crippen LogP contribution < -0.4 is 5.32 Å². The van der Waals surface area contributed by atoms with Crippen LogP contribution >= 0.6 is 0 Å². The Bertz CT molecular complexity index is 204. The van der Waals surface area contributed by atoms with Gasteiger partial charge in [0.1, 0.15) is 5.83 Å². The second kappa shape index (κ2) is 3.15. The van der Waals surface area contributed by atoms with Gasteiger partial charge in [0.25, 0.3) is 0 Å². The highest BCUT2D eigenvalue weighted by Crippen LogP contribution is 2.07. The summed E-state index contributed by atoms with van der Waals surface area (Å²) in [7, 11) is 1.76. The summed E-state index contributed by atoms with van der Waals surface area (Å²) in [4.78, 5) is 3.70. The molecule has 0 aromatic heterocycles. The van der Waals surface area contributed by atoms with Gasteiger partial charge in [-0.25, -0.2) is 4.39 Å². The first-order valence-corrected chi connectivity index (χ1v) is 3.08. The van der Waals surface area contributed by atoms with Gasteiger partial charge in [-0.2, -0.15) is 0 Å². The van der Waals surface area contributed by atoms with E-state index in [0.29, 0.717) is 6.42 Å². The molecule has 0 saturated heterocycles. The summed E-state index contributed by atoms with van der Waals surface area (Å²) in [5.41, 5.74) is 0.843. The molecule has 1 heterocycles. The lowest BCUT2D eigenvalue weighted by Crippen LogP contribution is -2.05. The molecule has 0 amide bonds. The molecule has 0 atom stereocenters. The van der Waals surface area contributed by atoms with Gasteiger partial charge in [0, 0.05) is 25.4 Å². The molecule has 0 saturated carbocycles. The molecule has 3 heteroatoms. The molecule has 54 valence electrons. The first kappa shape index (κ1) is 6.99. The van der Waals surface area contributed by atoms with E-state index in [9.17, 15) is 4.39 Å². The van der Waals surface area contributed by atoms with Gasteiger partial charge in [-0.1, -0.05) is 0 Å². The molecule has 10 heavy (non-hydrogen) atoms. The van der Waals surface area contributed by atoms with E-state index in [2.05, 4.69) is 10.3 Å². The van der Waals surface area contributed by atoms with E-state index in [1.165, 1.54) is 12.3 Å². The SMILES string of the molecule is CNC1=CC(F)=CN=CC1. The van der Waals surface area contributed by atoms with E-state index >= 15 is 0 Å². The van der Waals surface area contributed by atoms with Crippen molar-refractivity contribution in [1.82, 2.24) is 5.32 Å². The highest BCUT2D eigenvalue weighted by atomic mass is 19.1. The third-order valence-corrected chi connectivity index (χ3v) is 1.25. The first-order valence-electron chi connectivity index (χ1n) is 3.08. The molecule has 1 aliphatic rings. The minimum absolute atomic E-state index is 0.307. The van der Waals surface area contributed by atoms with Crippen molar-refractivity contribution in [2.75, 3.05) is 7.05 Å². The standard InChI is InChI=1S/C7H9FN2/c1-9-7-2-3-10-5-6(8)4-7/h3-5,9H,2H2,1H3. The van der Waals surface area contributed by atoms with Crippen molar-refractivity contribution in [3.63, 3.8) is 0 Å². The Labute approximate surface area is 59.2 Å². The van der Waals surface area contributed by atoms with Crippen LogP contribution in [0.3, 0.4) is 0 Å². The van der Waals surface area contributed by atoms with Crippen LogP contribution in [0.15, 0.2) is 28.8 Å². The predicted octanol–water partition coefficient (Wildman–Crippen LogP) is 1.38. The van der Waals surface area contributed by atoms with Crippen LogP contribution in [0.4, 0.5) is 4.39 Å². The Morgan fingerprint density at radius 3 is 3.20 bits per heavy atom. The molecule has 0 aromatic rings. The zero-order valence-electron chi connectivity index (χ0n) is 5.76. The van der Waals surface area contributed by atoms with E-state index in [1.807, 2.05) is 0 Å². The number of hydrogen-bond donors (Lipinski definition) is 1. The normalized spacial score (nSPS) is 17.4. The van der Waals surface area contributed by atoms with E-state index in [-0.39, 0.29) is 5.83 Å². The summed E-state index contributed by atoms with van der Waals surface area (Å²) >= 11 is 0. The number of halogens is 1. The molecular weight excluding hydrogens is 131 g/mol. The fourth-order valence-corrected chi connectivity index (χ4v) is 0.712. The maximum absolute atomic E-state index is 12.5.